The van der Waals surface area contributed by atoms with Gasteiger partial charge >= 0.3 is 0 Å². The first-order valence-corrected chi connectivity index (χ1v) is 7.48. The molecule has 1 heterocycles. The van der Waals surface area contributed by atoms with E-state index in [-0.39, 0.29) is 12.1 Å². The van der Waals surface area contributed by atoms with E-state index in [1.54, 1.807) is 13.0 Å². The van der Waals surface area contributed by atoms with Crippen molar-refractivity contribution in [3.05, 3.63) is 59.2 Å². The van der Waals surface area contributed by atoms with Gasteiger partial charge in [-0.05, 0) is 36.3 Å². The second-order valence-electron chi connectivity index (χ2n) is 5.67. The van der Waals surface area contributed by atoms with Crippen LogP contribution in [0.3, 0.4) is 0 Å². The van der Waals surface area contributed by atoms with Crippen LogP contribution >= 0.6 is 0 Å². The van der Waals surface area contributed by atoms with Crippen LogP contribution in [-0.4, -0.2) is 37.4 Å². The summed E-state index contributed by atoms with van der Waals surface area (Å²) in [7, 11) is 3.89. The highest BCUT2D eigenvalue weighted by atomic mass is 16.2. The van der Waals surface area contributed by atoms with E-state index < -0.39 is 11.8 Å². The molecule has 0 radical (unpaired) electrons. The summed E-state index contributed by atoms with van der Waals surface area (Å²) in [5, 5.41) is 9.26. The predicted octanol–water partition coefficient (Wildman–Crippen LogP) is 2.53. The normalized spacial score (nSPS) is 16.4. The fourth-order valence-corrected chi connectivity index (χ4v) is 2.46. The molecule has 0 fully saturated rings. The Morgan fingerprint density at radius 1 is 1.21 bits per heavy atom. The van der Waals surface area contributed by atoms with Crippen molar-refractivity contribution in [1.29, 1.82) is 5.26 Å². The highest BCUT2D eigenvalue weighted by Gasteiger charge is 2.34. The van der Waals surface area contributed by atoms with Crippen LogP contribution in [0, 0.1) is 11.3 Å². The van der Waals surface area contributed by atoms with Gasteiger partial charge in [0, 0.05) is 31.9 Å². The van der Waals surface area contributed by atoms with Crippen molar-refractivity contribution in [2.45, 2.75) is 6.92 Å². The highest BCUT2D eigenvalue weighted by molar-refractivity contribution is 6.19. The van der Waals surface area contributed by atoms with Crippen molar-refractivity contribution < 1.29 is 9.59 Å². The molecule has 0 saturated heterocycles. The number of hydrogen-bond donors (Lipinski definition) is 0. The fraction of sp³-hybridized carbons (Fsp3) is 0.211. The molecular formula is C19H19N3O2. The van der Waals surface area contributed by atoms with Gasteiger partial charge in [0.1, 0.15) is 11.6 Å². The lowest BCUT2D eigenvalue weighted by Gasteiger charge is -2.26. The molecule has 0 aromatic heterocycles. The van der Waals surface area contributed by atoms with Crippen LogP contribution in [0.1, 0.15) is 12.5 Å². The largest absolute Gasteiger partial charge is 0.378 e. The third kappa shape index (κ3) is 3.13. The van der Waals surface area contributed by atoms with E-state index in [9.17, 15) is 14.9 Å². The van der Waals surface area contributed by atoms with Gasteiger partial charge in [-0.1, -0.05) is 18.2 Å². The molecule has 2 amide bonds. The highest BCUT2D eigenvalue weighted by Crippen LogP contribution is 2.27. The maximum atomic E-state index is 12.6. The smallest absolute Gasteiger partial charge is 0.271 e. The Labute approximate surface area is 141 Å². The first-order valence-electron chi connectivity index (χ1n) is 7.48. The van der Waals surface area contributed by atoms with E-state index in [1.807, 2.05) is 49.3 Å². The third-order valence-corrected chi connectivity index (χ3v) is 3.86. The Balaban J connectivity index is 2.51. The lowest BCUT2D eigenvalue weighted by atomic mass is 9.93. The van der Waals surface area contributed by atoms with Gasteiger partial charge in [-0.25, -0.2) is 0 Å². The number of carbonyl (C=O) groups is 2. The Morgan fingerprint density at radius 3 is 2.33 bits per heavy atom. The molecule has 5 heteroatoms. The van der Waals surface area contributed by atoms with E-state index >= 15 is 0 Å². The summed E-state index contributed by atoms with van der Waals surface area (Å²) in [6.07, 6.45) is 3.17. The summed E-state index contributed by atoms with van der Waals surface area (Å²) in [6, 6.07) is 9.57. The predicted molar refractivity (Wildman–Crippen MR) is 94.0 cm³/mol. The quantitative estimate of drug-likeness (QED) is 0.486. The first kappa shape index (κ1) is 17.2. The van der Waals surface area contributed by atoms with E-state index in [1.165, 1.54) is 6.08 Å². The van der Waals surface area contributed by atoms with E-state index in [0.717, 1.165) is 16.2 Å². The zero-order chi connectivity index (χ0) is 17.9. The molecule has 2 rings (SSSR count). The second kappa shape index (κ2) is 6.97. The van der Waals surface area contributed by atoms with Crippen LogP contribution in [0.15, 0.2) is 53.6 Å². The number of carbonyl (C=O) groups excluding carboxylic acids is 2. The van der Waals surface area contributed by atoms with Crippen LogP contribution in [0.5, 0.6) is 0 Å². The number of rotatable bonds is 4. The summed E-state index contributed by atoms with van der Waals surface area (Å²) < 4.78 is 0. The number of benzene rings is 1. The molecule has 0 atom stereocenters. The Bertz CT molecular complexity index is 793. The van der Waals surface area contributed by atoms with Crippen molar-refractivity contribution in [3.63, 3.8) is 0 Å². The van der Waals surface area contributed by atoms with Gasteiger partial charge in [-0.3, -0.25) is 14.5 Å². The molecule has 24 heavy (non-hydrogen) atoms. The van der Waals surface area contributed by atoms with Crippen molar-refractivity contribution in [2.75, 3.05) is 25.5 Å². The van der Waals surface area contributed by atoms with Crippen LogP contribution in [0.4, 0.5) is 5.69 Å². The summed E-state index contributed by atoms with van der Waals surface area (Å²) >= 11 is 0. The maximum absolute atomic E-state index is 12.6. The average Bonchev–Trinajstić information content (AvgIpc) is 2.56. The van der Waals surface area contributed by atoms with Crippen molar-refractivity contribution in [2.24, 2.45) is 0 Å². The lowest BCUT2D eigenvalue weighted by Crippen LogP contribution is -2.42. The lowest BCUT2D eigenvalue weighted by molar-refractivity contribution is -0.139. The molecule has 1 aliphatic rings. The Kier molecular flexibility index (Phi) is 5.00. The van der Waals surface area contributed by atoms with Crippen LogP contribution in [0.25, 0.3) is 6.08 Å². The molecule has 5 nitrogen and oxygen atoms in total. The zero-order valence-electron chi connectivity index (χ0n) is 14.0. The molecule has 1 aromatic rings. The molecule has 0 aliphatic carbocycles. The minimum absolute atomic E-state index is 0.00684. The van der Waals surface area contributed by atoms with Crippen molar-refractivity contribution in [3.8, 4) is 6.07 Å². The van der Waals surface area contributed by atoms with Crippen molar-refractivity contribution >= 4 is 23.6 Å². The Morgan fingerprint density at radius 2 is 1.83 bits per heavy atom. The van der Waals surface area contributed by atoms with Gasteiger partial charge in [0.25, 0.3) is 11.8 Å². The fourth-order valence-electron chi connectivity index (χ4n) is 2.46. The average molecular weight is 321 g/mol. The number of amides is 2. The monoisotopic (exact) mass is 321 g/mol. The van der Waals surface area contributed by atoms with E-state index in [2.05, 4.69) is 6.58 Å². The number of nitrogens with zero attached hydrogens (tertiary/aromatic N) is 3. The summed E-state index contributed by atoms with van der Waals surface area (Å²) in [5.41, 5.74) is 2.62. The Hall–Kier alpha value is -3.13. The van der Waals surface area contributed by atoms with Crippen LogP contribution < -0.4 is 4.90 Å². The van der Waals surface area contributed by atoms with E-state index in [0.29, 0.717) is 11.1 Å². The van der Waals surface area contributed by atoms with E-state index in [4.69, 9.17) is 0 Å². The number of hydrogen-bond acceptors (Lipinski definition) is 4. The molecule has 0 N–H and O–H groups in total. The standard InChI is InChI=1S/C19H19N3O2/c1-5-10-22-18(23)16(13(2)17(12-20)19(22)24)11-14-6-8-15(9-7-14)21(3)4/h5-9,11H,1,10H2,2-4H3/b16-11+. The third-order valence-electron chi connectivity index (χ3n) is 3.86. The van der Waals surface area contributed by atoms with Gasteiger partial charge in [-0.2, -0.15) is 5.26 Å². The van der Waals surface area contributed by atoms with Gasteiger partial charge in [-0.15, -0.1) is 6.58 Å². The van der Waals surface area contributed by atoms with Crippen LogP contribution in [-0.2, 0) is 9.59 Å². The molecule has 0 bridgehead atoms. The topological polar surface area (TPSA) is 64.4 Å². The molecular weight excluding hydrogens is 302 g/mol. The number of anilines is 1. The van der Waals surface area contributed by atoms with Gasteiger partial charge in [0.05, 0.1) is 0 Å². The van der Waals surface area contributed by atoms with Gasteiger partial charge in [0.15, 0.2) is 0 Å². The van der Waals surface area contributed by atoms with Crippen molar-refractivity contribution in [1.82, 2.24) is 4.90 Å². The minimum atomic E-state index is -0.569. The summed E-state index contributed by atoms with van der Waals surface area (Å²) in [6.45, 7) is 5.26. The number of nitriles is 1. The molecule has 0 unspecified atom stereocenters. The SMILES string of the molecule is C=CCN1C(=O)C(C#N)=C(C)/C(=C\c2ccc(N(C)C)cc2)C1=O. The van der Waals surface area contributed by atoms with Crippen LogP contribution in [0.2, 0.25) is 0 Å². The maximum Gasteiger partial charge on any atom is 0.271 e. The second-order valence-corrected chi connectivity index (χ2v) is 5.67. The molecule has 0 spiro atoms. The zero-order valence-corrected chi connectivity index (χ0v) is 14.0. The molecule has 0 saturated carbocycles. The molecule has 1 aromatic carbocycles. The van der Waals surface area contributed by atoms with Gasteiger partial charge < -0.3 is 4.90 Å². The molecule has 1 aliphatic heterocycles. The van der Waals surface area contributed by atoms with Gasteiger partial charge in [0.2, 0.25) is 0 Å². The first-order chi connectivity index (χ1) is 11.4. The molecule has 122 valence electrons. The minimum Gasteiger partial charge on any atom is -0.378 e. The number of imide groups is 1. The summed E-state index contributed by atoms with van der Waals surface area (Å²) in [5.74, 6) is -0.979. The summed E-state index contributed by atoms with van der Waals surface area (Å²) in [4.78, 5) is 27.9.